The van der Waals surface area contributed by atoms with E-state index < -0.39 is 0 Å². The zero-order valence-corrected chi connectivity index (χ0v) is 14.1. The molecule has 0 bridgehead atoms. The van der Waals surface area contributed by atoms with Crippen LogP contribution in [0.15, 0.2) is 34.9 Å². The molecular formula is C17H18BrN3. The Kier molecular flexibility index (Phi) is 3.81. The van der Waals surface area contributed by atoms with Gasteiger partial charge >= 0.3 is 0 Å². The molecule has 0 fully saturated rings. The van der Waals surface area contributed by atoms with E-state index in [-0.39, 0.29) is 0 Å². The molecule has 0 radical (unpaired) electrons. The number of benzene rings is 1. The summed E-state index contributed by atoms with van der Waals surface area (Å²) in [5, 5.41) is 4.69. The van der Waals surface area contributed by atoms with Crippen molar-refractivity contribution in [2.24, 2.45) is 0 Å². The second-order valence-corrected chi connectivity index (χ2v) is 6.28. The summed E-state index contributed by atoms with van der Waals surface area (Å²) in [5.74, 6) is 0. The van der Waals surface area contributed by atoms with Crippen molar-refractivity contribution in [3.8, 4) is 0 Å². The van der Waals surface area contributed by atoms with Crippen LogP contribution in [0.3, 0.4) is 0 Å². The molecule has 3 rings (SSSR count). The molecule has 3 nitrogen and oxygen atoms in total. The van der Waals surface area contributed by atoms with E-state index in [4.69, 9.17) is 10.1 Å². The molecule has 0 spiro atoms. The Morgan fingerprint density at radius 2 is 1.86 bits per heavy atom. The molecule has 108 valence electrons. The third-order valence-corrected chi connectivity index (χ3v) is 4.38. The predicted molar refractivity (Wildman–Crippen MR) is 88.8 cm³/mol. The Bertz CT molecular complexity index is 788. The molecule has 2 aromatic heterocycles. The molecule has 0 aliphatic carbocycles. The molecule has 21 heavy (non-hydrogen) atoms. The normalized spacial score (nSPS) is 11.2. The lowest BCUT2D eigenvalue weighted by Gasteiger charge is -2.04. The van der Waals surface area contributed by atoms with Crippen LogP contribution in [0.4, 0.5) is 0 Å². The summed E-state index contributed by atoms with van der Waals surface area (Å²) in [6.45, 7) is 6.27. The topological polar surface area (TPSA) is 30.2 Å². The summed E-state index contributed by atoms with van der Waals surface area (Å²) in [6.07, 6.45) is 3.87. The largest absolute Gasteiger partial charge is 0.233 e. The number of nitrogens with zero attached hydrogens (tertiary/aromatic N) is 3. The monoisotopic (exact) mass is 343 g/mol. The summed E-state index contributed by atoms with van der Waals surface area (Å²) < 4.78 is 3.03. The fraction of sp³-hybridized carbons (Fsp3) is 0.294. The maximum absolute atomic E-state index is 4.75. The van der Waals surface area contributed by atoms with Crippen LogP contribution < -0.4 is 0 Å². The SMILES string of the molecule is CCc1nn2cc(C)c(C)nc2c1Cc1ccc(Br)cc1. The lowest BCUT2D eigenvalue weighted by Crippen LogP contribution is -1.97. The van der Waals surface area contributed by atoms with Crippen molar-refractivity contribution >= 4 is 21.6 Å². The zero-order valence-electron chi connectivity index (χ0n) is 12.5. The molecule has 0 unspecified atom stereocenters. The first-order valence-electron chi connectivity index (χ1n) is 7.17. The van der Waals surface area contributed by atoms with E-state index in [1.54, 1.807) is 0 Å². The molecule has 0 aliphatic heterocycles. The van der Waals surface area contributed by atoms with Gasteiger partial charge in [0.25, 0.3) is 0 Å². The highest BCUT2D eigenvalue weighted by molar-refractivity contribution is 9.10. The van der Waals surface area contributed by atoms with Crippen LogP contribution >= 0.6 is 15.9 Å². The van der Waals surface area contributed by atoms with E-state index in [2.05, 4.69) is 67.2 Å². The minimum absolute atomic E-state index is 0.870. The van der Waals surface area contributed by atoms with Gasteiger partial charge in [0.05, 0.1) is 5.69 Å². The fourth-order valence-electron chi connectivity index (χ4n) is 2.51. The molecule has 4 heteroatoms. The van der Waals surface area contributed by atoms with E-state index in [9.17, 15) is 0 Å². The summed E-state index contributed by atoms with van der Waals surface area (Å²) in [5.41, 5.74) is 6.88. The number of aryl methyl sites for hydroxylation is 3. The third-order valence-electron chi connectivity index (χ3n) is 3.85. The Morgan fingerprint density at radius 1 is 1.14 bits per heavy atom. The zero-order chi connectivity index (χ0) is 15.0. The van der Waals surface area contributed by atoms with E-state index in [1.165, 1.54) is 16.7 Å². The first kappa shape index (κ1) is 14.3. The summed E-state index contributed by atoms with van der Waals surface area (Å²) >= 11 is 3.48. The van der Waals surface area contributed by atoms with Crippen molar-refractivity contribution in [2.45, 2.75) is 33.6 Å². The molecule has 0 N–H and O–H groups in total. The second kappa shape index (κ2) is 5.60. The van der Waals surface area contributed by atoms with Gasteiger partial charge in [-0.1, -0.05) is 35.0 Å². The molecule has 0 amide bonds. The first-order valence-corrected chi connectivity index (χ1v) is 7.96. The summed E-state index contributed by atoms with van der Waals surface area (Å²) in [4.78, 5) is 4.75. The number of aromatic nitrogens is 3. The number of halogens is 1. The summed E-state index contributed by atoms with van der Waals surface area (Å²) in [6, 6.07) is 8.45. The molecule has 0 atom stereocenters. The number of hydrogen-bond acceptors (Lipinski definition) is 2. The number of rotatable bonds is 3. The van der Waals surface area contributed by atoms with E-state index >= 15 is 0 Å². The summed E-state index contributed by atoms with van der Waals surface area (Å²) in [7, 11) is 0. The van der Waals surface area contributed by atoms with Gasteiger partial charge in [0.15, 0.2) is 5.65 Å². The average molecular weight is 344 g/mol. The van der Waals surface area contributed by atoms with Crippen molar-refractivity contribution < 1.29 is 0 Å². The van der Waals surface area contributed by atoms with Crippen LogP contribution in [-0.4, -0.2) is 14.6 Å². The van der Waals surface area contributed by atoms with Gasteiger partial charge in [-0.2, -0.15) is 5.10 Å². The molecule has 3 aromatic rings. The Balaban J connectivity index is 2.11. The van der Waals surface area contributed by atoms with E-state index in [1.807, 2.05) is 4.52 Å². The predicted octanol–water partition coefficient (Wildman–Crippen LogP) is 4.26. The van der Waals surface area contributed by atoms with Gasteiger partial charge in [-0.25, -0.2) is 9.50 Å². The molecule has 1 aromatic carbocycles. The Morgan fingerprint density at radius 3 is 2.52 bits per heavy atom. The van der Waals surface area contributed by atoms with Crippen molar-refractivity contribution in [3.05, 3.63) is 63.0 Å². The third kappa shape index (κ3) is 2.72. The number of fused-ring (bicyclic) bond motifs is 1. The van der Waals surface area contributed by atoms with Crippen molar-refractivity contribution in [1.29, 1.82) is 0 Å². The van der Waals surface area contributed by atoms with Crippen LogP contribution in [0.25, 0.3) is 5.65 Å². The molecular weight excluding hydrogens is 326 g/mol. The average Bonchev–Trinajstić information content (AvgIpc) is 2.79. The highest BCUT2D eigenvalue weighted by Gasteiger charge is 2.14. The van der Waals surface area contributed by atoms with Gasteiger partial charge in [-0.15, -0.1) is 0 Å². The van der Waals surface area contributed by atoms with Gasteiger partial charge in [-0.05, 0) is 43.5 Å². The Labute approximate surface area is 133 Å². The van der Waals surface area contributed by atoms with Crippen molar-refractivity contribution in [3.63, 3.8) is 0 Å². The minimum atomic E-state index is 0.870. The Hall–Kier alpha value is -1.68. The highest BCUT2D eigenvalue weighted by Crippen LogP contribution is 2.21. The van der Waals surface area contributed by atoms with Crippen LogP contribution in [0.5, 0.6) is 0 Å². The molecule has 0 saturated carbocycles. The second-order valence-electron chi connectivity index (χ2n) is 5.36. The number of hydrogen-bond donors (Lipinski definition) is 0. The van der Waals surface area contributed by atoms with Crippen LogP contribution in [-0.2, 0) is 12.8 Å². The van der Waals surface area contributed by atoms with Gasteiger partial charge in [0, 0.05) is 28.3 Å². The standard InChI is InChI=1S/C17H18BrN3/c1-4-16-15(9-13-5-7-14(18)8-6-13)17-19-12(3)11(2)10-21(17)20-16/h5-8,10H,4,9H2,1-3H3. The maximum Gasteiger partial charge on any atom is 0.158 e. The van der Waals surface area contributed by atoms with E-state index in [0.717, 1.165) is 34.3 Å². The molecule has 2 heterocycles. The highest BCUT2D eigenvalue weighted by atomic mass is 79.9. The van der Waals surface area contributed by atoms with Crippen molar-refractivity contribution in [2.75, 3.05) is 0 Å². The van der Waals surface area contributed by atoms with Crippen LogP contribution in [0.2, 0.25) is 0 Å². The van der Waals surface area contributed by atoms with Crippen LogP contribution in [0, 0.1) is 13.8 Å². The maximum atomic E-state index is 4.75. The van der Waals surface area contributed by atoms with Gasteiger partial charge in [0.2, 0.25) is 0 Å². The molecule has 0 aliphatic rings. The quantitative estimate of drug-likeness (QED) is 0.711. The van der Waals surface area contributed by atoms with Crippen LogP contribution in [0.1, 0.15) is 35.0 Å². The lowest BCUT2D eigenvalue weighted by atomic mass is 10.0. The van der Waals surface area contributed by atoms with Gasteiger partial charge < -0.3 is 0 Å². The smallest absolute Gasteiger partial charge is 0.158 e. The minimum Gasteiger partial charge on any atom is -0.233 e. The fourth-order valence-corrected chi connectivity index (χ4v) is 2.77. The first-order chi connectivity index (χ1) is 10.1. The molecule has 0 saturated heterocycles. The van der Waals surface area contributed by atoms with Gasteiger partial charge in [-0.3, -0.25) is 0 Å². The van der Waals surface area contributed by atoms with E-state index in [0.29, 0.717) is 0 Å². The lowest BCUT2D eigenvalue weighted by molar-refractivity contribution is 0.871. The van der Waals surface area contributed by atoms with Crippen molar-refractivity contribution in [1.82, 2.24) is 14.6 Å². The van der Waals surface area contributed by atoms with Gasteiger partial charge in [0.1, 0.15) is 0 Å².